The third-order valence-corrected chi connectivity index (χ3v) is 3.37. The molecule has 2 heterocycles. The summed E-state index contributed by atoms with van der Waals surface area (Å²) in [6, 6.07) is 5.97. The largest absolute Gasteiger partial charge is 0.475 e. The van der Waals surface area contributed by atoms with Gasteiger partial charge in [0.2, 0.25) is 6.10 Å². The first-order chi connectivity index (χ1) is 11.8. The van der Waals surface area contributed by atoms with E-state index in [1.165, 1.54) is 24.4 Å². The zero-order chi connectivity index (χ0) is 18.2. The second kappa shape index (κ2) is 5.96. The van der Waals surface area contributed by atoms with E-state index >= 15 is 0 Å². The molecule has 0 aliphatic carbocycles. The van der Waals surface area contributed by atoms with Gasteiger partial charge in [-0.05, 0) is 12.1 Å². The Balaban J connectivity index is 2.18. The van der Waals surface area contributed by atoms with Crippen LogP contribution in [0.5, 0.6) is 5.75 Å². The highest BCUT2D eigenvalue weighted by Gasteiger charge is 2.48. The second-order valence-electron chi connectivity index (χ2n) is 5.08. The number of halogens is 3. The van der Waals surface area contributed by atoms with Crippen LogP contribution in [0, 0.1) is 0 Å². The first-order valence-electron chi connectivity index (χ1n) is 6.90. The number of carbonyl (C=O) groups excluding carboxylic acids is 1. The van der Waals surface area contributed by atoms with Gasteiger partial charge in [-0.2, -0.15) is 18.2 Å². The Morgan fingerprint density at radius 2 is 2.00 bits per heavy atom. The number of ether oxygens (including phenoxy) is 1. The molecule has 4 N–H and O–H groups in total. The summed E-state index contributed by atoms with van der Waals surface area (Å²) in [6.45, 7) is 0. The number of nitrogens with two attached hydrogens (primary N) is 2. The van der Waals surface area contributed by atoms with Crippen molar-refractivity contribution in [3.63, 3.8) is 0 Å². The summed E-state index contributed by atoms with van der Waals surface area (Å²) in [4.78, 5) is 15.2. The predicted octanol–water partition coefficient (Wildman–Crippen LogP) is 1.85. The molecule has 1 aliphatic heterocycles. The lowest BCUT2D eigenvalue weighted by Gasteiger charge is -2.28. The summed E-state index contributed by atoms with van der Waals surface area (Å²) in [5, 5.41) is 3.56. The number of benzene rings is 1. The lowest BCUT2D eigenvalue weighted by molar-refractivity contribution is -0.185. The topological polar surface area (TPSA) is 117 Å². The van der Waals surface area contributed by atoms with E-state index in [0.717, 1.165) is 6.08 Å². The van der Waals surface area contributed by atoms with Gasteiger partial charge in [-0.25, -0.2) is 0 Å². The lowest BCUT2D eigenvalue weighted by atomic mass is 9.96. The summed E-state index contributed by atoms with van der Waals surface area (Å²) in [7, 11) is 0. The van der Waals surface area contributed by atoms with Crippen LogP contribution in [0.4, 0.5) is 13.2 Å². The van der Waals surface area contributed by atoms with Crippen molar-refractivity contribution in [3.8, 4) is 17.1 Å². The van der Waals surface area contributed by atoms with Crippen LogP contribution in [0.15, 0.2) is 45.6 Å². The van der Waals surface area contributed by atoms with Crippen LogP contribution >= 0.6 is 0 Å². The van der Waals surface area contributed by atoms with E-state index in [1.807, 2.05) is 0 Å². The molecule has 3 rings (SSSR count). The Bertz CT molecular complexity index is 869. The molecule has 0 radical (unpaired) electrons. The average Bonchev–Trinajstić information content (AvgIpc) is 3.05. The Morgan fingerprint density at radius 3 is 2.60 bits per heavy atom. The van der Waals surface area contributed by atoms with E-state index in [0.29, 0.717) is 11.3 Å². The van der Waals surface area contributed by atoms with Gasteiger partial charge in [-0.1, -0.05) is 17.3 Å². The smallest absolute Gasteiger partial charge is 0.429 e. The molecule has 1 unspecified atom stereocenters. The number of hydrogen-bond donors (Lipinski definition) is 2. The lowest BCUT2D eigenvalue weighted by Crippen LogP contribution is -2.40. The number of alkyl halides is 3. The van der Waals surface area contributed by atoms with E-state index < -0.39 is 29.7 Å². The third-order valence-electron chi connectivity index (χ3n) is 3.37. The Morgan fingerprint density at radius 1 is 1.24 bits per heavy atom. The molecule has 0 saturated heterocycles. The monoisotopic (exact) mass is 352 g/mol. The summed E-state index contributed by atoms with van der Waals surface area (Å²) < 4.78 is 50.0. The number of aromatic nitrogens is 1. The minimum Gasteiger partial charge on any atom is -0.475 e. The van der Waals surface area contributed by atoms with Gasteiger partial charge in [0, 0.05) is 17.2 Å². The van der Waals surface area contributed by atoms with Crippen LogP contribution < -0.4 is 16.2 Å². The molecule has 0 bridgehead atoms. The summed E-state index contributed by atoms with van der Waals surface area (Å²) in [5.41, 5.74) is 10.1. The Hall–Kier alpha value is -3.30. The van der Waals surface area contributed by atoms with Gasteiger partial charge in [0.25, 0.3) is 5.91 Å². The minimum atomic E-state index is -4.83. The van der Waals surface area contributed by atoms with E-state index in [9.17, 15) is 18.0 Å². The molecule has 1 atom stereocenters. The number of guanidine groups is 1. The van der Waals surface area contributed by atoms with Gasteiger partial charge in [0.05, 0.1) is 11.8 Å². The number of rotatable bonds is 2. The second-order valence-corrected chi connectivity index (χ2v) is 5.08. The Labute approximate surface area is 138 Å². The molecule has 1 amide bonds. The van der Waals surface area contributed by atoms with Crippen molar-refractivity contribution in [2.24, 2.45) is 16.5 Å². The van der Waals surface area contributed by atoms with Gasteiger partial charge >= 0.3 is 6.18 Å². The van der Waals surface area contributed by atoms with Crippen molar-refractivity contribution in [3.05, 3.63) is 41.6 Å². The van der Waals surface area contributed by atoms with Gasteiger partial charge in [0.1, 0.15) is 5.75 Å². The maximum Gasteiger partial charge on any atom is 0.429 e. The normalized spacial score (nSPS) is 16.4. The fraction of sp³-hybridized carbons (Fsp3) is 0.133. The van der Waals surface area contributed by atoms with Crippen molar-refractivity contribution in [1.29, 1.82) is 0 Å². The number of carbonyl (C=O) groups is 1. The number of nitrogens with zero attached hydrogens (tertiary/aromatic N) is 2. The quantitative estimate of drug-likeness (QED) is 0.629. The molecular formula is C15H11F3N4O3. The number of aliphatic imine (C=N–C) groups is 1. The zero-order valence-corrected chi connectivity index (χ0v) is 12.4. The molecule has 0 spiro atoms. The van der Waals surface area contributed by atoms with E-state index in [2.05, 4.69) is 10.1 Å². The highest BCUT2D eigenvalue weighted by Crippen LogP contribution is 2.41. The SMILES string of the molecule is NC(N)=NC(=O)C1=Cc2c(cccc2-c2ccno2)OC1C(F)(F)F. The zero-order valence-electron chi connectivity index (χ0n) is 12.4. The van der Waals surface area contributed by atoms with Crippen molar-refractivity contribution in [1.82, 2.24) is 5.16 Å². The predicted molar refractivity (Wildman–Crippen MR) is 81.2 cm³/mol. The molecule has 7 nitrogen and oxygen atoms in total. The van der Waals surface area contributed by atoms with Crippen molar-refractivity contribution < 1.29 is 27.2 Å². The van der Waals surface area contributed by atoms with Crippen LogP contribution in [0.3, 0.4) is 0 Å². The third kappa shape index (κ3) is 3.18. The summed E-state index contributed by atoms with van der Waals surface area (Å²) >= 11 is 0. The number of hydrogen-bond acceptors (Lipinski definition) is 4. The van der Waals surface area contributed by atoms with Crippen LogP contribution in [-0.4, -0.2) is 29.3 Å². The van der Waals surface area contributed by atoms with Crippen LogP contribution in [0.2, 0.25) is 0 Å². The van der Waals surface area contributed by atoms with Gasteiger partial charge in [-0.15, -0.1) is 0 Å². The minimum absolute atomic E-state index is 0.0579. The molecule has 0 saturated carbocycles. The van der Waals surface area contributed by atoms with E-state index in [-0.39, 0.29) is 11.3 Å². The number of fused-ring (bicyclic) bond motifs is 1. The highest BCUT2D eigenvalue weighted by atomic mass is 19.4. The van der Waals surface area contributed by atoms with Gasteiger partial charge in [0.15, 0.2) is 11.7 Å². The average molecular weight is 352 g/mol. The van der Waals surface area contributed by atoms with Gasteiger partial charge < -0.3 is 20.7 Å². The maximum atomic E-state index is 13.3. The van der Waals surface area contributed by atoms with Crippen molar-refractivity contribution >= 4 is 17.9 Å². The first kappa shape index (κ1) is 16.6. The molecule has 1 aromatic heterocycles. The summed E-state index contributed by atoms with van der Waals surface area (Å²) in [5.74, 6) is -1.64. The molecule has 25 heavy (non-hydrogen) atoms. The van der Waals surface area contributed by atoms with Crippen LogP contribution in [0.25, 0.3) is 17.4 Å². The fourth-order valence-corrected chi connectivity index (χ4v) is 2.39. The Kier molecular flexibility index (Phi) is 3.95. The molecule has 0 fully saturated rings. The fourth-order valence-electron chi connectivity index (χ4n) is 2.39. The van der Waals surface area contributed by atoms with Gasteiger partial charge in [-0.3, -0.25) is 4.79 Å². The molecule has 10 heteroatoms. The molecule has 2 aromatic rings. The molecule has 1 aromatic carbocycles. The molecular weight excluding hydrogens is 341 g/mol. The summed E-state index contributed by atoms with van der Waals surface area (Å²) in [6.07, 6.45) is -4.89. The van der Waals surface area contributed by atoms with Crippen molar-refractivity contribution in [2.45, 2.75) is 12.3 Å². The van der Waals surface area contributed by atoms with E-state index in [1.54, 1.807) is 6.07 Å². The van der Waals surface area contributed by atoms with Crippen molar-refractivity contribution in [2.75, 3.05) is 0 Å². The first-order valence-corrected chi connectivity index (χ1v) is 6.90. The van der Waals surface area contributed by atoms with Crippen LogP contribution in [-0.2, 0) is 4.79 Å². The molecule has 1 aliphatic rings. The molecule has 130 valence electrons. The highest BCUT2D eigenvalue weighted by molar-refractivity contribution is 6.06. The van der Waals surface area contributed by atoms with E-state index in [4.69, 9.17) is 20.7 Å². The maximum absolute atomic E-state index is 13.3. The standard InChI is InChI=1S/C15H11F3N4O3/c16-15(17,18)12-9(13(23)22-14(19)20)6-8-7(11-4-5-21-25-11)2-1-3-10(8)24-12/h1-6,12H,(H4,19,20,22,23). The number of amides is 1. The van der Waals surface area contributed by atoms with Crippen LogP contribution in [0.1, 0.15) is 5.56 Å².